The van der Waals surface area contributed by atoms with Crippen LogP contribution in [0.5, 0.6) is 5.75 Å². The largest absolute Gasteiger partial charge is 0.494 e. The fraction of sp³-hybridized carbons (Fsp3) is 0.476. The second-order valence-corrected chi connectivity index (χ2v) is 8.32. The minimum absolute atomic E-state index is 0.0544. The van der Waals surface area contributed by atoms with Crippen molar-refractivity contribution < 1.29 is 14.3 Å². The predicted octanol–water partition coefficient (Wildman–Crippen LogP) is 3.81. The highest BCUT2D eigenvalue weighted by molar-refractivity contribution is 7.15. The fourth-order valence-corrected chi connectivity index (χ4v) is 4.27. The van der Waals surface area contributed by atoms with E-state index in [0.717, 1.165) is 25.0 Å². The van der Waals surface area contributed by atoms with Crippen molar-refractivity contribution in [1.29, 1.82) is 0 Å². The SMILES string of the molecule is CCOc1ccc(C(=O)NC(C(=O)Nc2nc3c(s2)CCCC3)C(C)C)cc1. The van der Waals surface area contributed by atoms with Gasteiger partial charge in [-0.2, -0.15) is 0 Å². The lowest BCUT2D eigenvalue weighted by Gasteiger charge is -2.21. The molecule has 28 heavy (non-hydrogen) atoms. The number of benzene rings is 1. The first-order valence-corrected chi connectivity index (χ1v) is 10.6. The third kappa shape index (κ3) is 4.90. The Balaban J connectivity index is 1.65. The topological polar surface area (TPSA) is 80.3 Å². The number of anilines is 1. The molecule has 0 bridgehead atoms. The molecule has 7 heteroatoms. The number of nitrogens with one attached hydrogen (secondary N) is 2. The van der Waals surface area contributed by atoms with Gasteiger partial charge < -0.3 is 15.4 Å². The van der Waals surface area contributed by atoms with Gasteiger partial charge in [0.2, 0.25) is 5.91 Å². The maximum atomic E-state index is 12.8. The van der Waals surface area contributed by atoms with Crippen LogP contribution in [0.1, 0.15) is 54.5 Å². The summed E-state index contributed by atoms with van der Waals surface area (Å²) in [5.74, 6) is 0.141. The van der Waals surface area contributed by atoms with Crippen molar-refractivity contribution >= 4 is 28.3 Å². The smallest absolute Gasteiger partial charge is 0.251 e. The molecular formula is C21H27N3O3S. The second-order valence-electron chi connectivity index (χ2n) is 7.24. The highest BCUT2D eigenvalue weighted by Crippen LogP contribution is 2.29. The van der Waals surface area contributed by atoms with Crippen LogP contribution in [0.25, 0.3) is 0 Å². The summed E-state index contributed by atoms with van der Waals surface area (Å²) in [4.78, 5) is 31.2. The quantitative estimate of drug-likeness (QED) is 0.739. The molecule has 1 aromatic heterocycles. The minimum atomic E-state index is -0.639. The van der Waals surface area contributed by atoms with Crippen LogP contribution in [0.4, 0.5) is 5.13 Å². The number of hydrogen-bond acceptors (Lipinski definition) is 5. The van der Waals surface area contributed by atoms with Gasteiger partial charge >= 0.3 is 0 Å². The molecule has 1 heterocycles. The third-order valence-electron chi connectivity index (χ3n) is 4.74. The molecule has 0 radical (unpaired) electrons. The van der Waals surface area contributed by atoms with Gasteiger partial charge in [-0.3, -0.25) is 9.59 Å². The van der Waals surface area contributed by atoms with Crippen LogP contribution in [-0.4, -0.2) is 29.4 Å². The van der Waals surface area contributed by atoms with Crippen molar-refractivity contribution in [3.05, 3.63) is 40.4 Å². The first-order chi connectivity index (χ1) is 13.5. The summed E-state index contributed by atoms with van der Waals surface area (Å²) in [7, 11) is 0. The Bertz CT molecular complexity index is 806. The number of ether oxygens (including phenoxy) is 1. The van der Waals surface area contributed by atoms with Crippen LogP contribution in [0.3, 0.4) is 0 Å². The standard InChI is InChI=1S/C21H27N3O3S/c1-4-27-15-11-9-14(10-12-15)19(25)23-18(13(2)3)20(26)24-21-22-16-7-5-6-8-17(16)28-21/h9-13,18H,4-8H2,1-3H3,(H,23,25)(H,22,24,26). The molecule has 2 N–H and O–H groups in total. The third-order valence-corrected chi connectivity index (χ3v) is 5.81. The van der Waals surface area contributed by atoms with E-state index in [1.54, 1.807) is 35.6 Å². The number of carbonyl (C=O) groups is 2. The first-order valence-electron chi connectivity index (χ1n) is 9.81. The molecule has 2 aromatic rings. The Kier molecular flexibility index (Phi) is 6.67. The molecule has 0 saturated carbocycles. The molecule has 0 fully saturated rings. The summed E-state index contributed by atoms with van der Waals surface area (Å²) < 4.78 is 5.40. The number of amides is 2. The molecule has 6 nitrogen and oxygen atoms in total. The molecule has 0 saturated heterocycles. The predicted molar refractivity (Wildman–Crippen MR) is 111 cm³/mol. The monoisotopic (exact) mass is 401 g/mol. The molecular weight excluding hydrogens is 374 g/mol. The van der Waals surface area contributed by atoms with Gasteiger partial charge in [0.25, 0.3) is 5.91 Å². The van der Waals surface area contributed by atoms with Gasteiger partial charge in [0, 0.05) is 10.4 Å². The molecule has 0 aliphatic heterocycles. The van der Waals surface area contributed by atoms with Crippen molar-refractivity contribution in [2.24, 2.45) is 5.92 Å². The Labute approximate surface area is 169 Å². The van der Waals surface area contributed by atoms with E-state index in [2.05, 4.69) is 15.6 Å². The lowest BCUT2D eigenvalue weighted by Crippen LogP contribution is -2.47. The number of hydrogen-bond donors (Lipinski definition) is 2. The van der Waals surface area contributed by atoms with Gasteiger partial charge in [-0.25, -0.2) is 4.98 Å². The van der Waals surface area contributed by atoms with Crippen LogP contribution in [-0.2, 0) is 17.6 Å². The average molecular weight is 402 g/mol. The average Bonchev–Trinajstić information content (AvgIpc) is 3.08. The number of aryl methyl sites for hydroxylation is 2. The number of nitrogens with zero attached hydrogens (tertiary/aromatic N) is 1. The van der Waals surface area contributed by atoms with Crippen LogP contribution in [0.15, 0.2) is 24.3 Å². The van der Waals surface area contributed by atoms with E-state index in [1.807, 2.05) is 20.8 Å². The van der Waals surface area contributed by atoms with Gasteiger partial charge in [0.05, 0.1) is 12.3 Å². The van der Waals surface area contributed by atoms with E-state index in [4.69, 9.17) is 4.74 Å². The maximum absolute atomic E-state index is 12.8. The van der Waals surface area contributed by atoms with Gasteiger partial charge in [-0.05, 0) is 62.8 Å². The van der Waals surface area contributed by atoms with E-state index in [-0.39, 0.29) is 17.7 Å². The van der Waals surface area contributed by atoms with Gasteiger partial charge in [-0.15, -0.1) is 11.3 Å². The van der Waals surface area contributed by atoms with Crippen LogP contribution < -0.4 is 15.4 Å². The minimum Gasteiger partial charge on any atom is -0.494 e. The van der Waals surface area contributed by atoms with E-state index >= 15 is 0 Å². The summed E-state index contributed by atoms with van der Waals surface area (Å²) in [5, 5.41) is 6.37. The van der Waals surface area contributed by atoms with Crippen molar-refractivity contribution in [3.63, 3.8) is 0 Å². The van der Waals surface area contributed by atoms with E-state index in [9.17, 15) is 9.59 Å². The van der Waals surface area contributed by atoms with Crippen LogP contribution >= 0.6 is 11.3 Å². The number of fused-ring (bicyclic) bond motifs is 1. The molecule has 150 valence electrons. The highest BCUT2D eigenvalue weighted by Gasteiger charge is 2.26. The lowest BCUT2D eigenvalue weighted by molar-refractivity contribution is -0.118. The zero-order valence-corrected chi connectivity index (χ0v) is 17.4. The number of carbonyl (C=O) groups excluding carboxylic acids is 2. The fourth-order valence-electron chi connectivity index (χ4n) is 3.22. The Morgan fingerprint density at radius 1 is 1.18 bits per heavy atom. The van der Waals surface area contributed by atoms with Gasteiger partial charge in [0.15, 0.2) is 5.13 Å². The van der Waals surface area contributed by atoms with Crippen molar-refractivity contribution in [2.45, 2.75) is 52.5 Å². The normalized spacial score (nSPS) is 14.3. The summed E-state index contributed by atoms with van der Waals surface area (Å²) in [5.41, 5.74) is 1.60. The summed E-state index contributed by atoms with van der Waals surface area (Å²) in [6, 6.07) is 6.26. The Hall–Kier alpha value is -2.41. The number of aromatic nitrogens is 1. The Morgan fingerprint density at radius 2 is 1.89 bits per heavy atom. The molecule has 1 aliphatic rings. The molecule has 2 amide bonds. The molecule has 1 aromatic carbocycles. The van der Waals surface area contributed by atoms with Crippen molar-refractivity contribution in [3.8, 4) is 5.75 Å². The Morgan fingerprint density at radius 3 is 2.54 bits per heavy atom. The highest BCUT2D eigenvalue weighted by atomic mass is 32.1. The first kappa shape index (κ1) is 20.3. The van der Waals surface area contributed by atoms with Gasteiger partial charge in [0.1, 0.15) is 11.8 Å². The summed E-state index contributed by atoms with van der Waals surface area (Å²) in [6.45, 7) is 6.30. The number of rotatable bonds is 7. The molecule has 1 aliphatic carbocycles. The number of thiazole rings is 1. The van der Waals surface area contributed by atoms with E-state index < -0.39 is 6.04 Å². The maximum Gasteiger partial charge on any atom is 0.251 e. The zero-order valence-electron chi connectivity index (χ0n) is 16.6. The zero-order chi connectivity index (χ0) is 20.1. The van der Waals surface area contributed by atoms with E-state index in [1.165, 1.54) is 11.3 Å². The molecule has 1 unspecified atom stereocenters. The van der Waals surface area contributed by atoms with E-state index in [0.29, 0.717) is 23.1 Å². The van der Waals surface area contributed by atoms with Crippen molar-refractivity contribution in [1.82, 2.24) is 10.3 Å². The lowest BCUT2D eigenvalue weighted by atomic mass is 10.0. The summed E-state index contributed by atoms with van der Waals surface area (Å²) >= 11 is 1.54. The van der Waals surface area contributed by atoms with Crippen LogP contribution in [0.2, 0.25) is 0 Å². The summed E-state index contributed by atoms with van der Waals surface area (Å²) in [6.07, 6.45) is 4.33. The van der Waals surface area contributed by atoms with Crippen LogP contribution in [0, 0.1) is 5.92 Å². The van der Waals surface area contributed by atoms with Crippen molar-refractivity contribution in [2.75, 3.05) is 11.9 Å². The van der Waals surface area contributed by atoms with Gasteiger partial charge in [-0.1, -0.05) is 13.8 Å². The molecule has 3 rings (SSSR count). The molecule has 1 atom stereocenters. The molecule has 0 spiro atoms. The second kappa shape index (κ2) is 9.19.